The lowest BCUT2D eigenvalue weighted by Gasteiger charge is -2.47. The fourth-order valence-corrected chi connectivity index (χ4v) is 6.06. The summed E-state index contributed by atoms with van der Waals surface area (Å²) in [6.45, 7) is 3.13. The highest BCUT2D eigenvalue weighted by molar-refractivity contribution is 5.95. The van der Waals surface area contributed by atoms with Crippen LogP contribution in [0, 0.1) is 0 Å². The molecule has 1 aromatic carbocycles. The van der Waals surface area contributed by atoms with Crippen LogP contribution in [0.1, 0.15) is 36.0 Å². The van der Waals surface area contributed by atoms with Crippen molar-refractivity contribution in [1.82, 2.24) is 20.3 Å². The van der Waals surface area contributed by atoms with Crippen LogP contribution in [0.3, 0.4) is 0 Å². The van der Waals surface area contributed by atoms with Crippen molar-refractivity contribution in [3.8, 4) is 11.3 Å². The first-order valence-electron chi connectivity index (χ1n) is 12.9. The van der Waals surface area contributed by atoms with E-state index in [2.05, 4.69) is 21.2 Å². The van der Waals surface area contributed by atoms with Crippen LogP contribution in [0.25, 0.3) is 22.3 Å². The zero-order valence-electron chi connectivity index (χ0n) is 20.4. The smallest absolute Gasteiger partial charge is 0.251 e. The maximum Gasteiger partial charge on any atom is 0.251 e. The molecule has 0 saturated carbocycles. The van der Waals surface area contributed by atoms with Gasteiger partial charge in [0.05, 0.1) is 48.6 Å². The summed E-state index contributed by atoms with van der Waals surface area (Å²) in [7, 11) is 1.64. The van der Waals surface area contributed by atoms with E-state index < -0.39 is 0 Å². The molecule has 9 heteroatoms. The average molecular weight is 487 g/mol. The van der Waals surface area contributed by atoms with Crippen LogP contribution >= 0.6 is 0 Å². The lowest BCUT2D eigenvalue weighted by atomic mass is 9.96. The quantitative estimate of drug-likeness (QED) is 0.602. The van der Waals surface area contributed by atoms with Crippen molar-refractivity contribution < 1.29 is 14.3 Å². The molecular weight excluding hydrogens is 456 g/mol. The number of hydrogen-bond donors (Lipinski definition) is 1. The highest BCUT2D eigenvalue weighted by Crippen LogP contribution is 2.37. The Bertz CT molecular complexity index is 1320. The van der Waals surface area contributed by atoms with Crippen molar-refractivity contribution >= 4 is 28.7 Å². The normalized spacial score (nSPS) is 27.0. The highest BCUT2D eigenvalue weighted by Gasteiger charge is 2.39. The van der Waals surface area contributed by atoms with Gasteiger partial charge < -0.3 is 24.6 Å². The number of amides is 1. The second-order valence-electron chi connectivity index (χ2n) is 10.3. The van der Waals surface area contributed by atoms with Gasteiger partial charge in [-0.2, -0.15) is 9.97 Å². The molecule has 6 aliphatic heterocycles. The van der Waals surface area contributed by atoms with E-state index in [9.17, 15) is 4.79 Å². The van der Waals surface area contributed by atoms with E-state index in [-0.39, 0.29) is 18.1 Å². The number of pyridine rings is 1. The lowest BCUT2D eigenvalue weighted by molar-refractivity contribution is -0.0238. The largest absolute Gasteiger partial charge is 0.374 e. The average Bonchev–Trinajstić information content (AvgIpc) is 2.97. The molecule has 2 aromatic heterocycles. The molecule has 36 heavy (non-hydrogen) atoms. The fraction of sp³-hybridized carbons (Fsp3) is 0.481. The van der Waals surface area contributed by atoms with Gasteiger partial charge in [-0.05, 0) is 49.9 Å². The summed E-state index contributed by atoms with van der Waals surface area (Å²) in [5.41, 5.74) is 2.96. The molecule has 6 saturated heterocycles. The van der Waals surface area contributed by atoms with Gasteiger partial charge in [0, 0.05) is 31.3 Å². The summed E-state index contributed by atoms with van der Waals surface area (Å²) < 4.78 is 11.9. The van der Waals surface area contributed by atoms with Crippen molar-refractivity contribution in [2.75, 3.05) is 43.2 Å². The van der Waals surface area contributed by atoms with E-state index in [0.717, 1.165) is 80.4 Å². The standard InChI is InChI=1S/C27H30N6O3/c1-28-26(34)17-4-2-3-16(11-17)23-10-9-22-24(29-23)30-27(33-13-21-8-6-19(33)15-36-21)31-25(22)32-12-20-7-5-18(32)14-35-20/h2-4,9-11,18-21H,5-8,12-15H2,1H3,(H,28,34). The molecule has 9 rings (SSSR count). The number of aromatic nitrogens is 3. The molecule has 0 spiro atoms. The van der Waals surface area contributed by atoms with Crippen LogP contribution < -0.4 is 15.1 Å². The maximum atomic E-state index is 12.2. The van der Waals surface area contributed by atoms with E-state index in [1.807, 2.05) is 30.3 Å². The number of ether oxygens (including phenoxy) is 2. The second-order valence-corrected chi connectivity index (χ2v) is 10.3. The summed E-state index contributed by atoms with van der Waals surface area (Å²) in [4.78, 5) is 32.1. The van der Waals surface area contributed by atoms with Crippen molar-refractivity contribution in [3.05, 3.63) is 42.0 Å². The number of nitrogens with zero attached hydrogens (tertiary/aromatic N) is 5. The Balaban J connectivity index is 1.34. The van der Waals surface area contributed by atoms with E-state index in [4.69, 9.17) is 24.4 Å². The summed E-state index contributed by atoms with van der Waals surface area (Å²) in [5.74, 6) is 1.57. The van der Waals surface area contributed by atoms with Crippen molar-refractivity contribution in [2.24, 2.45) is 0 Å². The third kappa shape index (κ3) is 3.69. The van der Waals surface area contributed by atoms with Crippen LogP contribution in [0.5, 0.6) is 0 Å². The van der Waals surface area contributed by atoms with E-state index in [1.54, 1.807) is 7.05 Å². The molecule has 9 nitrogen and oxygen atoms in total. The summed E-state index contributed by atoms with van der Waals surface area (Å²) in [6.07, 6.45) is 4.91. The Kier molecular flexibility index (Phi) is 5.28. The molecule has 6 aliphatic rings. The van der Waals surface area contributed by atoms with Crippen LogP contribution in [0.4, 0.5) is 11.8 Å². The number of anilines is 2. The Morgan fingerprint density at radius 2 is 1.67 bits per heavy atom. The Morgan fingerprint density at radius 1 is 0.917 bits per heavy atom. The number of hydrogen-bond acceptors (Lipinski definition) is 8. The number of piperidine rings is 2. The minimum atomic E-state index is -0.116. The Morgan fingerprint density at radius 3 is 2.31 bits per heavy atom. The third-order valence-corrected chi connectivity index (χ3v) is 8.08. The van der Waals surface area contributed by atoms with Crippen molar-refractivity contribution in [2.45, 2.75) is 50.0 Å². The maximum absolute atomic E-state index is 12.2. The monoisotopic (exact) mass is 486 g/mol. The zero-order valence-corrected chi connectivity index (χ0v) is 20.4. The van der Waals surface area contributed by atoms with E-state index in [1.165, 1.54) is 0 Å². The number of carbonyl (C=O) groups is 1. The SMILES string of the molecule is CNC(=O)c1cccc(-c2ccc3c(N4CC5CCC4CO5)nc(N4CC5CCC4CO5)nc3n2)c1. The number of rotatable bonds is 4. The number of morpholine rings is 2. The molecule has 3 aromatic rings. The second kappa shape index (κ2) is 8.67. The third-order valence-electron chi connectivity index (χ3n) is 8.08. The Hall–Kier alpha value is -3.30. The van der Waals surface area contributed by atoms with Crippen LogP contribution in [-0.4, -0.2) is 78.5 Å². The number of nitrogens with one attached hydrogen (secondary N) is 1. The van der Waals surface area contributed by atoms with Crippen molar-refractivity contribution in [1.29, 1.82) is 0 Å². The topological polar surface area (TPSA) is 92.7 Å². The lowest BCUT2D eigenvalue weighted by Crippen LogP contribution is -2.56. The minimum absolute atomic E-state index is 0.116. The molecule has 1 amide bonds. The van der Waals surface area contributed by atoms with Gasteiger partial charge in [0.1, 0.15) is 5.82 Å². The van der Waals surface area contributed by atoms with Gasteiger partial charge in [-0.15, -0.1) is 0 Å². The number of carbonyl (C=O) groups excluding carboxylic acids is 1. The van der Waals surface area contributed by atoms with E-state index >= 15 is 0 Å². The predicted octanol–water partition coefficient (Wildman–Crippen LogP) is 2.79. The minimum Gasteiger partial charge on any atom is -0.374 e. The molecule has 0 aliphatic carbocycles. The van der Waals surface area contributed by atoms with E-state index in [0.29, 0.717) is 23.3 Å². The van der Waals surface area contributed by atoms with Gasteiger partial charge in [0.15, 0.2) is 5.65 Å². The molecular formula is C27H30N6O3. The van der Waals surface area contributed by atoms with Gasteiger partial charge in [0.25, 0.3) is 5.91 Å². The first-order valence-corrected chi connectivity index (χ1v) is 12.9. The van der Waals surface area contributed by atoms with Crippen molar-refractivity contribution in [3.63, 3.8) is 0 Å². The zero-order chi connectivity index (χ0) is 24.2. The summed E-state index contributed by atoms with van der Waals surface area (Å²) in [6, 6.07) is 12.3. The number of fused-ring (bicyclic) bond motifs is 7. The molecule has 4 atom stereocenters. The van der Waals surface area contributed by atoms with Gasteiger partial charge in [-0.25, -0.2) is 4.98 Å². The first-order chi connectivity index (χ1) is 17.7. The summed E-state index contributed by atoms with van der Waals surface area (Å²) >= 11 is 0. The molecule has 186 valence electrons. The highest BCUT2D eigenvalue weighted by atomic mass is 16.5. The first kappa shape index (κ1) is 21.9. The van der Waals surface area contributed by atoms with Gasteiger partial charge in [-0.1, -0.05) is 12.1 Å². The Labute approximate surface area is 209 Å². The fourth-order valence-electron chi connectivity index (χ4n) is 6.06. The summed E-state index contributed by atoms with van der Waals surface area (Å²) in [5, 5.41) is 3.65. The molecule has 8 heterocycles. The molecule has 1 N–H and O–H groups in total. The van der Waals surface area contributed by atoms with Crippen LogP contribution in [0.2, 0.25) is 0 Å². The van der Waals surface area contributed by atoms with Gasteiger partial charge >= 0.3 is 0 Å². The van der Waals surface area contributed by atoms with Gasteiger partial charge in [-0.3, -0.25) is 4.79 Å². The molecule has 4 unspecified atom stereocenters. The number of benzene rings is 1. The van der Waals surface area contributed by atoms with Crippen LogP contribution in [0.15, 0.2) is 36.4 Å². The molecule has 4 bridgehead atoms. The predicted molar refractivity (Wildman–Crippen MR) is 136 cm³/mol. The molecule has 0 radical (unpaired) electrons. The van der Waals surface area contributed by atoms with Gasteiger partial charge in [0.2, 0.25) is 5.95 Å². The molecule has 6 fully saturated rings. The van der Waals surface area contributed by atoms with Crippen LogP contribution in [-0.2, 0) is 9.47 Å².